The summed E-state index contributed by atoms with van der Waals surface area (Å²) in [6.45, 7) is 0. The molecule has 0 saturated carbocycles. The Labute approximate surface area is 155 Å². The maximum atomic E-state index is 10.7. The van der Waals surface area contributed by atoms with Crippen LogP contribution in [-0.4, -0.2) is 17.9 Å². The van der Waals surface area contributed by atoms with Crippen LogP contribution in [0.4, 0.5) is 5.69 Å². The molecule has 0 heterocycles. The minimum absolute atomic E-state index is 0. The fourth-order valence-electron chi connectivity index (χ4n) is 1.70. The SMILES string of the molecule is O=[N+]([O-])c1ccc(C=Cc2ccccc2OS(=O)(=O)[O-])cc1.[Na+]. The monoisotopic (exact) mass is 343 g/mol. The summed E-state index contributed by atoms with van der Waals surface area (Å²) in [5.74, 6) is -0.0874. The fourth-order valence-corrected chi connectivity index (χ4v) is 2.07. The van der Waals surface area contributed by atoms with E-state index in [-0.39, 0.29) is 41.0 Å². The van der Waals surface area contributed by atoms with Crippen LogP contribution in [0.15, 0.2) is 48.5 Å². The first kappa shape index (κ1) is 19.3. The molecule has 0 N–H and O–H groups in total. The molecule has 0 bridgehead atoms. The molecule has 7 nitrogen and oxygen atoms in total. The standard InChI is InChI=1S/C14H11NO6S.Na/c16-15(17)13-9-6-11(7-10-13)5-8-12-3-1-2-4-14(12)21-22(18,19)20;/h1-10H,(H,18,19,20);/q;+1/p-1. The molecule has 0 fully saturated rings. The first-order valence-corrected chi connectivity index (χ1v) is 7.35. The van der Waals surface area contributed by atoms with Gasteiger partial charge in [0.05, 0.1) is 4.92 Å². The zero-order valence-electron chi connectivity index (χ0n) is 12.1. The van der Waals surface area contributed by atoms with Crippen LogP contribution in [0.25, 0.3) is 12.2 Å². The molecule has 0 spiro atoms. The van der Waals surface area contributed by atoms with Crippen LogP contribution in [-0.2, 0) is 10.4 Å². The average Bonchev–Trinajstić information content (AvgIpc) is 2.45. The van der Waals surface area contributed by atoms with Crippen molar-refractivity contribution in [3.05, 3.63) is 69.8 Å². The summed E-state index contributed by atoms with van der Waals surface area (Å²) in [7, 11) is -4.86. The van der Waals surface area contributed by atoms with Gasteiger partial charge in [0.2, 0.25) is 0 Å². The Kier molecular flexibility index (Phi) is 6.92. The third-order valence-electron chi connectivity index (χ3n) is 2.67. The van der Waals surface area contributed by atoms with Crippen molar-refractivity contribution in [2.75, 3.05) is 0 Å². The molecule has 2 aromatic rings. The number of rotatable bonds is 5. The van der Waals surface area contributed by atoms with Crippen molar-refractivity contribution in [2.45, 2.75) is 0 Å². The summed E-state index contributed by atoms with van der Waals surface area (Å²) in [6, 6.07) is 11.9. The molecule has 2 aromatic carbocycles. The van der Waals surface area contributed by atoms with Gasteiger partial charge < -0.3 is 8.74 Å². The van der Waals surface area contributed by atoms with E-state index < -0.39 is 15.3 Å². The molecular formula is C14H10NNaO6S. The van der Waals surface area contributed by atoms with Crippen molar-refractivity contribution in [3.8, 4) is 5.75 Å². The molecular weight excluding hydrogens is 333 g/mol. The first-order valence-electron chi connectivity index (χ1n) is 6.02. The van der Waals surface area contributed by atoms with Gasteiger partial charge in [0.15, 0.2) is 0 Å². The van der Waals surface area contributed by atoms with Gasteiger partial charge >= 0.3 is 29.6 Å². The molecule has 2 rings (SSSR count). The van der Waals surface area contributed by atoms with Gasteiger partial charge in [-0.15, -0.1) is 0 Å². The largest absolute Gasteiger partial charge is 1.00 e. The van der Waals surface area contributed by atoms with Crippen molar-refractivity contribution in [2.24, 2.45) is 0 Å². The number of hydrogen-bond acceptors (Lipinski definition) is 6. The van der Waals surface area contributed by atoms with E-state index in [0.29, 0.717) is 11.1 Å². The average molecular weight is 343 g/mol. The van der Waals surface area contributed by atoms with Crippen molar-refractivity contribution in [3.63, 3.8) is 0 Å². The molecule has 0 aromatic heterocycles. The van der Waals surface area contributed by atoms with E-state index in [2.05, 4.69) is 4.18 Å². The number of non-ortho nitro benzene ring substituents is 1. The van der Waals surface area contributed by atoms with Crippen molar-refractivity contribution < 1.29 is 51.6 Å². The van der Waals surface area contributed by atoms with E-state index in [4.69, 9.17) is 0 Å². The van der Waals surface area contributed by atoms with Crippen LogP contribution < -0.4 is 33.7 Å². The van der Waals surface area contributed by atoms with Crippen LogP contribution >= 0.6 is 0 Å². The Morgan fingerprint density at radius 2 is 1.61 bits per heavy atom. The van der Waals surface area contributed by atoms with Gasteiger partial charge in [-0.1, -0.05) is 30.4 Å². The summed E-state index contributed by atoms with van der Waals surface area (Å²) < 4.78 is 36.3. The number of nitro groups is 1. The van der Waals surface area contributed by atoms with Gasteiger partial charge in [-0.3, -0.25) is 10.1 Å². The van der Waals surface area contributed by atoms with Gasteiger partial charge in [0, 0.05) is 17.7 Å². The van der Waals surface area contributed by atoms with E-state index in [0.717, 1.165) is 0 Å². The zero-order chi connectivity index (χ0) is 16.2. The fraction of sp³-hybridized carbons (Fsp3) is 0. The maximum Gasteiger partial charge on any atom is 1.00 e. The van der Waals surface area contributed by atoms with E-state index in [1.165, 1.54) is 24.3 Å². The van der Waals surface area contributed by atoms with Gasteiger partial charge in [0.25, 0.3) is 16.1 Å². The summed E-state index contributed by atoms with van der Waals surface area (Å²) in [5.41, 5.74) is 1.03. The first-order chi connectivity index (χ1) is 10.3. The summed E-state index contributed by atoms with van der Waals surface area (Å²) in [4.78, 5) is 10.0. The molecule has 114 valence electrons. The summed E-state index contributed by atoms with van der Waals surface area (Å²) >= 11 is 0. The molecule has 0 atom stereocenters. The molecule has 0 amide bonds. The smallest absolute Gasteiger partial charge is 0.716 e. The Morgan fingerprint density at radius 3 is 2.17 bits per heavy atom. The number of nitrogens with zero attached hydrogens (tertiary/aromatic N) is 1. The zero-order valence-corrected chi connectivity index (χ0v) is 14.9. The van der Waals surface area contributed by atoms with Crippen molar-refractivity contribution >= 4 is 28.2 Å². The molecule has 0 aliphatic carbocycles. The van der Waals surface area contributed by atoms with Gasteiger partial charge in [-0.05, 0) is 23.8 Å². The van der Waals surface area contributed by atoms with Crippen molar-refractivity contribution in [1.82, 2.24) is 0 Å². The third kappa shape index (κ3) is 6.12. The van der Waals surface area contributed by atoms with Gasteiger partial charge in [0.1, 0.15) is 5.75 Å². The van der Waals surface area contributed by atoms with Crippen LogP contribution in [0.3, 0.4) is 0 Å². The van der Waals surface area contributed by atoms with Gasteiger partial charge in [-0.25, -0.2) is 8.42 Å². The van der Waals surface area contributed by atoms with E-state index in [1.54, 1.807) is 36.4 Å². The normalized spacial score (nSPS) is 11.0. The van der Waals surface area contributed by atoms with Crippen molar-refractivity contribution in [1.29, 1.82) is 0 Å². The van der Waals surface area contributed by atoms with Crippen LogP contribution in [0.5, 0.6) is 5.75 Å². The molecule has 0 aliphatic heterocycles. The maximum absolute atomic E-state index is 10.7. The molecule has 0 radical (unpaired) electrons. The third-order valence-corrected chi connectivity index (χ3v) is 3.05. The molecule has 9 heteroatoms. The number of nitro benzene ring substituents is 1. The Balaban J connectivity index is 0.00000264. The topological polar surface area (TPSA) is 110 Å². The Bertz CT molecular complexity index is 817. The van der Waals surface area contributed by atoms with Crippen LogP contribution in [0, 0.1) is 10.1 Å². The second-order valence-corrected chi connectivity index (χ2v) is 5.19. The summed E-state index contributed by atoms with van der Waals surface area (Å²) in [5, 5.41) is 10.6. The summed E-state index contributed by atoms with van der Waals surface area (Å²) in [6.07, 6.45) is 3.16. The minimum Gasteiger partial charge on any atom is -0.716 e. The second-order valence-electron chi connectivity index (χ2n) is 4.21. The number of benzene rings is 2. The second kappa shape index (κ2) is 8.23. The Morgan fingerprint density at radius 1 is 1.00 bits per heavy atom. The van der Waals surface area contributed by atoms with Crippen LogP contribution in [0.1, 0.15) is 11.1 Å². The van der Waals surface area contributed by atoms with E-state index in [9.17, 15) is 23.1 Å². The molecule has 0 saturated heterocycles. The minimum atomic E-state index is -4.86. The van der Waals surface area contributed by atoms with E-state index in [1.807, 2.05) is 0 Å². The number of para-hydroxylation sites is 1. The van der Waals surface area contributed by atoms with Gasteiger partial charge in [-0.2, -0.15) is 0 Å². The van der Waals surface area contributed by atoms with Crippen LogP contribution in [0.2, 0.25) is 0 Å². The molecule has 23 heavy (non-hydrogen) atoms. The van der Waals surface area contributed by atoms with E-state index >= 15 is 0 Å². The predicted molar refractivity (Wildman–Crippen MR) is 78.8 cm³/mol. The molecule has 0 unspecified atom stereocenters. The quantitative estimate of drug-likeness (QED) is 0.183. The predicted octanol–water partition coefficient (Wildman–Crippen LogP) is -0.392. The molecule has 0 aliphatic rings. The number of hydrogen-bond donors (Lipinski definition) is 0. The Hall–Kier alpha value is -1.71.